The Morgan fingerprint density at radius 1 is 0.529 bits per heavy atom. The first-order valence-electron chi connectivity index (χ1n) is 10.7. The first kappa shape index (κ1) is 27.9. The average molecular weight is 503 g/mol. The number of nitrogens with two attached hydrogens (primary N) is 1. The summed E-state index contributed by atoms with van der Waals surface area (Å²) in [4.78, 5) is 0. The molecule has 3 heterocycles. The van der Waals surface area contributed by atoms with Crippen molar-refractivity contribution in [2.75, 3.05) is 19.8 Å². The molecule has 3 aliphatic rings. The standard InChI is InChI=1S/C18H33NO15/c19-7-9(24)14(5(2-21)30-16(7)29)33-18-13(28)11(26)15(6(3-22)32-18)34-17-12(27)10(25)8(23)4(1-20)31-17/h4-18,20-29H,1-3,19H2/t4-,5-,6+,7+,8+,9-,10-,11+,12+,13+,14-,15+,16-,17+,18-/m1/s1. The van der Waals surface area contributed by atoms with Crippen LogP contribution in [-0.2, 0) is 23.7 Å². The largest absolute Gasteiger partial charge is 0.394 e. The van der Waals surface area contributed by atoms with Gasteiger partial charge < -0.3 is 80.5 Å². The predicted molar refractivity (Wildman–Crippen MR) is 103 cm³/mol. The van der Waals surface area contributed by atoms with Gasteiger partial charge in [-0.3, -0.25) is 0 Å². The van der Waals surface area contributed by atoms with Gasteiger partial charge in [-0.2, -0.15) is 0 Å². The molecule has 16 heteroatoms. The van der Waals surface area contributed by atoms with E-state index in [1.807, 2.05) is 0 Å². The minimum absolute atomic E-state index is 0.705. The zero-order chi connectivity index (χ0) is 25.3. The second kappa shape index (κ2) is 11.6. The molecule has 0 aromatic rings. The number of aliphatic hydroxyl groups is 10. The zero-order valence-corrected chi connectivity index (χ0v) is 17.9. The second-order valence-corrected chi connectivity index (χ2v) is 8.42. The fourth-order valence-electron chi connectivity index (χ4n) is 4.09. The van der Waals surface area contributed by atoms with E-state index in [-0.39, 0.29) is 0 Å². The van der Waals surface area contributed by atoms with Crippen molar-refractivity contribution < 1.29 is 74.7 Å². The minimum atomic E-state index is -1.87. The Morgan fingerprint density at radius 2 is 0.971 bits per heavy atom. The summed E-state index contributed by atoms with van der Waals surface area (Å²) >= 11 is 0. The van der Waals surface area contributed by atoms with Crippen molar-refractivity contribution in [2.24, 2.45) is 5.73 Å². The van der Waals surface area contributed by atoms with Gasteiger partial charge in [0.05, 0.1) is 25.9 Å². The van der Waals surface area contributed by atoms with Crippen LogP contribution in [0, 0.1) is 0 Å². The summed E-state index contributed by atoms with van der Waals surface area (Å²) in [7, 11) is 0. The van der Waals surface area contributed by atoms with Crippen LogP contribution in [0.5, 0.6) is 0 Å². The van der Waals surface area contributed by atoms with Gasteiger partial charge in [0.2, 0.25) is 0 Å². The molecule has 0 radical (unpaired) electrons. The van der Waals surface area contributed by atoms with Crippen molar-refractivity contribution in [1.29, 1.82) is 0 Å². The summed E-state index contributed by atoms with van der Waals surface area (Å²) in [6, 6.07) is -1.32. The molecule has 3 fully saturated rings. The normalized spacial score (nSPS) is 52.5. The maximum Gasteiger partial charge on any atom is 0.187 e. The van der Waals surface area contributed by atoms with Gasteiger partial charge in [0.1, 0.15) is 67.1 Å². The Morgan fingerprint density at radius 3 is 1.50 bits per heavy atom. The Bertz CT molecular complexity index is 640. The lowest BCUT2D eigenvalue weighted by Gasteiger charge is -2.48. The molecule has 3 saturated heterocycles. The highest BCUT2D eigenvalue weighted by atomic mass is 16.7. The van der Waals surface area contributed by atoms with Crippen molar-refractivity contribution in [3.63, 3.8) is 0 Å². The minimum Gasteiger partial charge on any atom is -0.394 e. The molecule has 0 bridgehead atoms. The van der Waals surface area contributed by atoms with Crippen LogP contribution >= 0.6 is 0 Å². The molecular weight excluding hydrogens is 470 g/mol. The number of hydrogen-bond acceptors (Lipinski definition) is 16. The summed E-state index contributed by atoms with van der Waals surface area (Å²) in [5.41, 5.74) is 5.64. The molecular formula is C18H33NO15. The van der Waals surface area contributed by atoms with Gasteiger partial charge in [-0.1, -0.05) is 0 Å². The SMILES string of the molecule is N[C@H]1[C@@H](O)[C@H](O[C@H]2O[C@@H](CO)[C@H](O[C@@H]3O[C@H](CO)[C@H](O)[C@@H](O)[C@@H]3O)[C@@H](O)[C@@H]2O)[C@@H](CO)O[C@H]1O. The van der Waals surface area contributed by atoms with E-state index in [4.69, 9.17) is 29.4 Å². The molecule has 0 spiro atoms. The van der Waals surface area contributed by atoms with Crippen LogP contribution in [0.2, 0.25) is 0 Å². The molecule has 0 aromatic carbocycles. The van der Waals surface area contributed by atoms with Gasteiger partial charge in [0.15, 0.2) is 18.9 Å². The van der Waals surface area contributed by atoms with Crippen LogP contribution in [0.25, 0.3) is 0 Å². The molecule has 0 aromatic heterocycles. The van der Waals surface area contributed by atoms with E-state index >= 15 is 0 Å². The third kappa shape index (κ3) is 5.37. The van der Waals surface area contributed by atoms with Gasteiger partial charge in [-0.25, -0.2) is 0 Å². The number of hydrogen-bond donors (Lipinski definition) is 11. The molecule has 12 N–H and O–H groups in total. The lowest BCUT2D eigenvalue weighted by molar-refractivity contribution is -0.373. The molecule has 15 atom stereocenters. The molecule has 34 heavy (non-hydrogen) atoms. The van der Waals surface area contributed by atoms with E-state index in [1.165, 1.54) is 0 Å². The van der Waals surface area contributed by atoms with Crippen LogP contribution in [0.1, 0.15) is 0 Å². The summed E-state index contributed by atoms with van der Waals surface area (Å²) in [5, 5.41) is 99.7. The molecule has 3 rings (SSSR count). The smallest absolute Gasteiger partial charge is 0.187 e. The van der Waals surface area contributed by atoms with Crippen LogP contribution in [0.15, 0.2) is 0 Å². The van der Waals surface area contributed by atoms with E-state index in [0.29, 0.717) is 0 Å². The van der Waals surface area contributed by atoms with Gasteiger partial charge in [0.25, 0.3) is 0 Å². The molecule has 0 amide bonds. The highest BCUT2D eigenvalue weighted by Crippen LogP contribution is 2.31. The van der Waals surface area contributed by atoms with Crippen molar-refractivity contribution in [1.82, 2.24) is 0 Å². The highest BCUT2D eigenvalue weighted by Gasteiger charge is 2.53. The Kier molecular flexibility index (Phi) is 9.54. The van der Waals surface area contributed by atoms with E-state index in [1.54, 1.807) is 0 Å². The summed E-state index contributed by atoms with van der Waals surface area (Å²) < 4.78 is 26.7. The van der Waals surface area contributed by atoms with Gasteiger partial charge >= 0.3 is 0 Å². The summed E-state index contributed by atoms with van der Waals surface area (Å²) in [5.74, 6) is 0. The summed E-state index contributed by atoms with van der Waals surface area (Å²) in [6.45, 7) is -2.23. The first-order chi connectivity index (χ1) is 16.0. The lowest BCUT2D eigenvalue weighted by Crippen LogP contribution is -2.67. The van der Waals surface area contributed by atoms with Gasteiger partial charge in [-0.05, 0) is 0 Å². The van der Waals surface area contributed by atoms with E-state index in [9.17, 15) is 51.1 Å². The number of aliphatic hydroxyl groups excluding tert-OH is 10. The molecule has 3 aliphatic heterocycles. The van der Waals surface area contributed by atoms with Crippen molar-refractivity contribution >= 4 is 0 Å². The Hall–Kier alpha value is -0.640. The van der Waals surface area contributed by atoms with Crippen molar-refractivity contribution in [3.8, 4) is 0 Å². The highest BCUT2D eigenvalue weighted by molar-refractivity contribution is 4.96. The average Bonchev–Trinajstić information content (AvgIpc) is 2.83. The lowest BCUT2D eigenvalue weighted by atomic mass is 9.95. The molecule has 0 unspecified atom stereocenters. The summed E-state index contributed by atoms with van der Waals surface area (Å²) in [6.07, 6.45) is -22.4. The van der Waals surface area contributed by atoms with E-state index in [2.05, 4.69) is 0 Å². The maximum absolute atomic E-state index is 10.6. The zero-order valence-electron chi connectivity index (χ0n) is 17.9. The van der Waals surface area contributed by atoms with Crippen molar-refractivity contribution in [2.45, 2.75) is 92.1 Å². The van der Waals surface area contributed by atoms with Crippen molar-refractivity contribution in [3.05, 3.63) is 0 Å². The quantitative estimate of drug-likeness (QED) is 0.154. The van der Waals surface area contributed by atoms with Crippen LogP contribution in [0.4, 0.5) is 0 Å². The van der Waals surface area contributed by atoms with Crippen LogP contribution < -0.4 is 5.73 Å². The molecule has 200 valence electrons. The third-order valence-corrected chi connectivity index (χ3v) is 6.17. The van der Waals surface area contributed by atoms with Gasteiger partial charge in [-0.15, -0.1) is 0 Å². The van der Waals surface area contributed by atoms with Crippen LogP contribution in [0.3, 0.4) is 0 Å². The predicted octanol–water partition coefficient (Wildman–Crippen LogP) is -7.61. The Balaban J connectivity index is 1.72. The second-order valence-electron chi connectivity index (χ2n) is 8.42. The van der Waals surface area contributed by atoms with Gasteiger partial charge in [0, 0.05) is 0 Å². The topological polar surface area (TPSA) is 274 Å². The third-order valence-electron chi connectivity index (χ3n) is 6.17. The molecule has 16 nitrogen and oxygen atoms in total. The van der Waals surface area contributed by atoms with E-state index < -0.39 is 112 Å². The Labute approximate surface area is 193 Å². The number of ether oxygens (including phenoxy) is 5. The molecule has 0 aliphatic carbocycles. The van der Waals surface area contributed by atoms with Crippen LogP contribution in [-0.4, -0.2) is 163 Å². The first-order valence-corrected chi connectivity index (χ1v) is 10.7. The fraction of sp³-hybridized carbons (Fsp3) is 1.00. The van der Waals surface area contributed by atoms with E-state index in [0.717, 1.165) is 0 Å². The molecule has 0 saturated carbocycles. The monoisotopic (exact) mass is 503 g/mol. The number of rotatable bonds is 7. The fourth-order valence-corrected chi connectivity index (χ4v) is 4.09. The maximum atomic E-state index is 10.6.